The molecule has 0 aromatic carbocycles. The third kappa shape index (κ3) is 3.75. The first kappa shape index (κ1) is 15.8. The van der Waals surface area contributed by atoms with Crippen LogP contribution in [0.3, 0.4) is 0 Å². The van der Waals surface area contributed by atoms with Gasteiger partial charge in [-0.05, 0) is 36.6 Å². The van der Waals surface area contributed by atoms with Crippen molar-refractivity contribution in [3.05, 3.63) is 21.9 Å². The van der Waals surface area contributed by atoms with Crippen molar-refractivity contribution < 1.29 is 9.90 Å². The lowest BCUT2D eigenvalue weighted by atomic mass is 10.1. The van der Waals surface area contributed by atoms with Gasteiger partial charge in [-0.1, -0.05) is 0 Å². The fourth-order valence-electron chi connectivity index (χ4n) is 2.39. The van der Waals surface area contributed by atoms with Gasteiger partial charge in [0.15, 0.2) is 0 Å². The summed E-state index contributed by atoms with van der Waals surface area (Å²) in [5.41, 5.74) is 1.29. The fraction of sp³-hybridized carbons (Fsp3) is 0.643. The summed E-state index contributed by atoms with van der Waals surface area (Å²) in [6.45, 7) is 4.04. The largest absolute Gasteiger partial charge is 0.395 e. The van der Waals surface area contributed by atoms with Crippen molar-refractivity contribution in [3.8, 4) is 0 Å². The molecule has 6 heteroatoms. The van der Waals surface area contributed by atoms with Crippen LogP contribution >= 0.6 is 23.1 Å². The molecule has 0 fully saturated rings. The Hall–Kier alpha value is -0.560. The van der Waals surface area contributed by atoms with E-state index in [1.165, 1.54) is 10.4 Å². The van der Waals surface area contributed by atoms with Gasteiger partial charge >= 0.3 is 0 Å². The Bertz CT molecular complexity index is 446. The number of hydrogen-bond acceptors (Lipinski definition) is 5. The summed E-state index contributed by atoms with van der Waals surface area (Å²) in [7, 11) is 0. The van der Waals surface area contributed by atoms with Crippen LogP contribution in [0.1, 0.15) is 17.4 Å². The van der Waals surface area contributed by atoms with E-state index in [0.717, 1.165) is 19.5 Å². The molecule has 2 rings (SSSR count). The molecular weight excluding hydrogens is 292 g/mol. The zero-order valence-corrected chi connectivity index (χ0v) is 13.6. The van der Waals surface area contributed by atoms with Crippen LogP contribution in [0.25, 0.3) is 0 Å². The highest BCUT2D eigenvalue weighted by molar-refractivity contribution is 7.99. The second-order valence-electron chi connectivity index (χ2n) is 5.06. The average molecular weight is 314 g/mol. The molecule has 1 aliphatic rings. The van der Waals surface area contributed by atoms with Crippen LogP contribution in [-0.4, -0.2) is 53.2 Å². The number of rotatable bonds is 6. The Balaban J connectivity index is 1.81. The smallest absolute Gasteiger partial charge is 0.236 e. The van der Waals surface area contributed by atoms with E-state index in [2.05, 4.69) is 16.8 Å². The average Bonchev–Trinajstić information content (AvgIpc) is 2.93. The van der Waals surface area contributed by atoms with Gasteiger partial charge in [0.05, 0.1) is 13.2 Å². The molecule has 0 bridgehead atoms. The molecule has 4 nitrogen and oxygen atoms in total. The standard InChI is InChI=1S/C14H22N2O2S2/c1-10(13(9-17)19-2)15-7-14(18)16-5-3-12-11(8-16)4-6-20-12/h4,6,10,13,15,17H,3,5,7-9H2,1-2H3. The summed E-state index contributed by atoms with van der Waals surface area (Å²) in [5, 5.41) is 14.7. The van der Waals surface area contributed by atoms with E-state index in [1.54, 1.807) is 23.1 Å². The maximum Gasteiger partial charge on any atom is 0.236 e. The van der Waals surface area contributed by atoms with Gasteiger partial charge in [0.2, 0.25) is 5.91 Å². The number of thioether (sulfide) groups is 1. The van der Waals surface area contributed by atoms with E-state index in [0.29, 0.717) is 6.54 Å². The van der Waals surface area contributed by atoms with Crippen molar-refractivity contribution in [1.29, 1.82) is 0 Å². The van der Waals surface area contributed by atoms with Crippen LogP contribution in [0.2, 0.25) is 0 Å². The van der Waals surface area contributed by atoms with E-state index in [9.17, 15) is 9.90 Å². The van der Waals surface area contributed by atoms with Gasteiger partial charge in [-0.25, -0.2) is 0 Å². The minimum absolute atomic E-state index is 0.125. The van der Waals surface area contributed by atoms with Crippen molar-refractivity contribution in [1.82, 2.24) is 10.2 Å². The van der Waals surface area contributed by atoms with Gasteiger partial charge in [-0.2, -0.15) is 11.8 Å². The first-order valence-electron chi connectivity index (χ1n) is 6.85. The number of aliphatic hydroxyl groups is 1. The molecule has 1 aromatic rings. The summed E-state index contributed by atoms with van der Waals surface area (Å²) in [5.74, 6) is 0.145. The second-order valence-corrected chi connectivity index (χ2v) is 7.14. The normalized spacial score (nSPS) is 17.6. The number of nitrogens with one attached hydrogen (secondary N) is 1. The fourth-order valence-corrected chi connectivity index (χ4v) is 3.93. The van der Waals surface area contributed by atoms with Crippen LogP contribution in [0.5, 0.6) is 0 Å². The Labute approximate surface area is 128 Å². The first-order valence-corrected chi connectivity index (χ1v) is 9.02. The molecule has 2 unspecified atom stereocenters. The lowest BCUT2D eigenvalue weighted by molar-refractivity contribution is -0.131. The molecule has 0 aliphatic carbocycles. The Kier molecular flexibility index (Phi) is 5.89. The Morgan fingerprint density at radius 3 is 3.15 bits per heavy atom. The highest BCUT2D eigenvalue weighted by Crippen LogP contribution is 2.23. The third-order valence-electron chi connectivity index (χ3n) is 3.78. The molecule has 0 radical (unpaired) electrons. The minimum Gasteiger partial charge on any atom is -0.395 e. The van der Waals surface area contributed by atoms with Crippen LogP contribution in [-0.2, 0) is 17.8 Å². The molecule has 1 aromatic heterocycles. The number of fused-ring (bicyclic) bond motifs is 1. The van der Waals surface area contributed by atoms with Gasteiger partial charge in [0.1, 0.15) is 0 Å². The number of hydrogen-bond donors (Lipinski definition) is 2. The molecule has 2 heterocycles. The van der Waals surface area contributed by atoms with Gasteiger partial charge in [-0.15, -0.1) is 11.3 Å². The number of thiophene rings is 1. The zero-order valence-electron chi connectivity index (χ0n) is 12.0. The molecular formula is C14H22N2O2S2. The van der Waals surface area contributed by atoms with Crippen LogP contribution in [0.15, 0.2) is 11.4 Å². The van der Waals surface area contributed by atoms with Crippen LogP contribution in [0, 0.1) is 0 Å². The van der Waals surface area contributed by atoms with Crippen molar-refractivity contribution in [2.45, 2.75) is 31.2 Å². The van der Waals surface area contributed by atoms with Crippen molar-refractivity contribution in [3.63, 3.8) is 0 Å². The van der Waals surface area contributed by atoms with Crippen molar-refractivity contribution >= 4 is 29.0 Å². The topological polar surface area (TPSA) is 52.6 Å². The van der Waals surface area contributed by atoms with E-state index in [1.807, 2.05) is 18.1 Å². The van der Waals surface area contributed by atoms with Crippen LogP contribution < -0.4 is 5.32 Å². The Morgan fingerprint density at radius 2 is 2.45 bits per heavy atom. The van der Waals surface area contributed by atoms with Crippen molar-refractivity contribution in [2.24, 2.45) is 0 Å². The minimum atomic E-state index is 0.125. The predicted molar refractivity (Wildman–Crippen MR) is 85.3 cm³/mol. The van der Waals surface area contributed by atoms with E-state index < -0.39 is 0 Å². The SMILES string of the molecule is CSC(CO)C(C)NCC(=O)N1CCc2sccc2C1. The molecule has 0 spiro atoms. The number of nitrogens with zero attached hydrogens (tertiary/aromatic N) is 1. The Morgan fingerprint density at radius 1 is 1.65 bits per heavy atom. The molecule has 0 saturated heterocycles. The number of carbonyl (C=O) groups is 1. The highest BCUT2D eigenvalue weighted by atomic mass is 32.2. The molecule has 1 amide bonds. The van der Waals surface area contributed by atoms with E-state index in [4.69, 9.17) is 0 Å². The first-order chi connectivity index (χ1) is 9.65. The summed E-state index contributed by atoms with van der Waals surface area (Å²) < 4.78 is 0. The maximum absolute atomic E-state index is 12.2. The highest BCUT2D eigenvalue weighted by Gasteiger charge is 2.22. The quantitative estimate of drug-likeness (QED) is 0.832. The third-order valence-corrected chi connectivity index (χ3v) is 5.96. The molecule has 20 heavy (non-hydrogen) atoms. The number of aliphatic hydroxyl groups excluding tert-OH is 1. The zero-order chi connectivity index (χ0) is 14.5. The van der Waals surface area contributed by atoms with Crippen molar-refractivity contribution in [2.75, 3.05) is 26.0 Å². The second kappa shape index (κ2) is 7.45. The van der Waals surface area contributed by atoms with Crippen LogP contribution in [0.4, 0.5) is 0 Å². The van der Waals surface area contributed by atoms with E-state index in [-0.39, 0.29) is 23.8 Å². The monoisotopic (exact) mass is 314 g/mol. The van der Waals surface area contributed by atoms with E-state index >= 15 is 0 Å². The lowest BCUT2D eigenvalue weighted by Crippen LogP contribution is -2.45. The molecule has 0 saturated carbocycles. The lowest BCUT2D eigenvalue weighted by Gasteiger charge is -2.28. The molecule has 2 atom stereocenters. The van der Waals surface area contributed by atoms with Gasteiger partial charge < -0.3 is 15.3 Å². The predicted octanol–water partition coefficient (Wildman–Crippen LogP) is 1.33. The summed E-state index contributed by atoms with van der Waals surface area (Å²) in [4.78, 5) is 15.6. The molecule has 1 aliphatic heterocycles. The molecule has 2 N–H and O–H groups in total. The summed E-state index contributed by atoms with van der Waals surface area (Å²) in [6, 6.07) is 2.24. The maximum atomic E-state index is 12.2. The summed E-state index contributed by atoms with van der Waals surface area (Å²) in [6.07, 6.45) is 2.95. The van der Waals surface area contributed by atoms with Gasteiger partial charge in [0, 0.05) is 29.3 Å². The van der Waals surface area contributed by atoms with Gasteiger partial charge in [0.25, 0.3) is 0 Å². The number of carbonyl (C=O) groups excluding carboxylic acids is 1. The van der Waals surface area contributed by atoms with Gasteiger partial charge in [-0.3, -0.25) is 4.79 Å². The summed E-state index contributed by atoms with van der Waals surface area (Å²) >= 11 is 3.40. The molecule has 112 valence electrons. The number of amides is 1.